The van der Waals surface area contributed by atoms with Crippen molar-refractivity contribution in [2.45, 2.75) is 30.7 Å². The molecule has 1 atom stereocenters. The van der Waals surface area contributed by atoms with Gasteiger partial charge in [0.15, 0.2) is 11.5 Å². The van der Waals surface area contributed by atoms with Crippen LogP contribution in [0.15, 0.2) is 41.3 Å². The van der Waals surface area contributed by atoms with Gasteiger partial charge in [-0.15, -0.1) is 11.8 Å². The molecule has 0 aliphatic carbocycles. The highest BCUT2D eigenvalue weighted by atomic mass is 32.2. The lowest BCUT2D eigenvalue weighted by Gasteiger charge is -2.37. The Morgan fingerprint density at radius 3 is 2.47 bits per heavy atom. The Labute approximate surface area is 181 Å². The van der Waals surface area contributed by atoms with E-state index in [4.69, 9.17) is 14.2 Å². The third-order valence-corrected chi connectivity index (χ3v) is 6.52. The van der Waals surface area contributed by atoms with Gasteiger partial charge < -0.3 is 19.1 Å². The number of rotatable bonds is 7. The van der Waals surface area contributed by atoms with E-state index in [1.807, 2.05) is 43.3 Å². The van der Waals surface area contributed by atoms with Crippen LogP contribution in [0.1, 0.15) is 29.2 Å². The standard InChI is InChI=1S/C23H27NO5S/c1-15-7-5-6-8-21(15)30-14-22(25)24-10-9-16-11-19(27-2)20(28-3)12-17(16)18(24)13-23(26)29-4/h5-8,11-12,18H,9-10,13-14H2,1-4H3. The molecule has 0 N–H and O–H groups in total. The second kappa shape index (κ2) is 9.89. The molecule has 2 aromatic rings. The number of methoxy groups -OCH3 is 3. The maximum absolute atomic E-state index is 13.1. The van der Waals surface area contributed by atoms with E-state index >= 15 is 0 Å². The number of fused-ring (bicyclic) bond motifs is 1. The second-order valence-corrected chi connectivity index (χ2v) is 8.11. The Morgan fingerprint density at radius 1 is 1.10 bits per heavy atom. The van der Waals surface area contributed by atoms with Gasteiger partial charge in [-0.25, -0.2) is 0 Å². The minimum absolute atomic E-state index is 0.00223. The lowest BCUT2D eigenvalue weighted by molar-refractivity contribution is -0.143. The zero-order chi connectivity index (χ0) is 21.7. The van der Waals surface area contributed by atoms with Gasteiger partial charge in [-0.2, -0.15) is 0 Å². The van der Waals surface area contributed by atoms with Crippen LogP contribution in [0.25, 0.3) is 0 Å². The molecule has 0 bridgehead atoms. The van der Waals surface area contributed by atoms with Crippen LogP contribution in [0.3, 0.4) is 0 Å². The van der Waals surface area contributed by atoms with Crippen LogP contribution in [0.5, 0.6) is 11.5 Å². The highest BCUT2D eigenvalue weighted by molar-refractivity contribution is 8.00. The van der Waals surface area contributed by atoms with Crippen LogP contribution in [0.4, 0.5) is 0 Å². The number of carbonyl (C=O) groups excluding carboxylic acids is 2. The van der Waals surface area contributed by atoms with Crippen molar-refractivity contribution < 1.29 is 23.8 Å². The molecule has 7 heteroatoms. The summed E-state index contributed by atoms with van der Waals surface area (Å²) in [6.45, 7) is 2.57. The monoisotopic (exact) mass is 429 g/mol. The molecule has 2 aromatic carbocycles. The Hall–Kier alpha value is -2.67. The normalized spacial score (nSPS) is 15.3. The second-order valence-electron chi connectivity index (χ2n) is 7.09. The number of ether oxygens (including phenoxy) is 3. The number of hydrogen-bond donors (Lipinski definition) is 0. The molecule has 30 heavy (non-hydrogen) atoms. The number of thioether (sulfide) groups is 1. The number of aryl methyl sites for hydroxylation is 1. The Kier molecular flexibility index (Phi) is 7.26. The van der Waals surface area contributed by atoms with E-state index in [0.717, 1.165) is 21.6 Å². The third-order valence-electron chi connectivity index (χ3n) is 5.36. The van der Waals surface area contributed by atoms with Crippen molar-refractivity contribution in [3.05, 3.63) is 53.1 Å². The average Bonchev–Trinajstić information content (AvgIpc) is 2.77. The topological polar surface area (TPSA) is 65.1 Å². The summed E-state index contributed by atoms with van der Waals surface area (Å²) in [6, 6.07) is 11.4. The van der Waals surface area contributed by atoms with Gasteiger partial charge in [0.05, 0.1) is 39.5 Å². The molecule has 1 unspecified atom stereocenters. The molecule has 0 spiro atoms. The van der Waals surface area contributed by atoms with E-state index in [2.05, 4.69) is 0 Å². The van der Waals surface area contributed by atoms with Gasteiger partial charge in [0.25, 0.3) is 0 Å². The first-order valence-corrected chi connectivity index (χ1v) is 10.8. The fourth-order valence-corrected chi connectivity index (χ4v) is 4.64. The summed E-state index contributed by atoms with van der Waals surface area (Å²) in [5, 5.41) is 0. The highest BCUT2D eigenvalue weighted by Crippen LogP contribution is 2.40. The molecular weight excluding hydrogens is 402 g/mol. The zero-order valence-electron chi connectivity index (χ0n) is 17.8. The van der Waals surface area contributed by atoms with Crippen LogP contribution in [0.2, 0.25) is 0 Å². The molecule has 1 aliphatic rings. The van der Waals surface area contributed by atoms with E-state index in [9.17, 15) is 9.59 Å². The van der Waals surface area contributed by atoms with Crippen LogP contribution in [-0.2, 0) is 20.7 Å². The molecule has 1 amide bonds. The summed E-state index contributed by atoms with van der Waals surface area (Å²) in [5.41, 5.74) is 3.10. The Balaban J connectivity index is 1.87. The first-order valence-electron chi connectivity index (χ1n) is 9.78. The van der Waals surface area contributed by atoms with Crippen LogP contribution in [-0.4, -0.2) is 50.4 Å². The van der Waals surface area contributed by atoms with Crippen molar-refractivity contribution in [2.75, 3.05) is 33.6 Å². The molecular formula is C23H27NO5S. The molecule has 1 heterocycles. The van der Waals surface area contributed by atoms with E-state index < -0.39 is 6.04 Å². The van der Waals surface area contributed by atoms with Gasteiger partial charge in [-0.1, -0.05) is 18.2 Å². The summed E-state index contributed by atoms with van der Waals surface area (Å²) in [6.07, 6.45) is 0.786. The lowest BCUT2D eigenvalue weighted by Crippen LogP contribution is -2.42. The molecule has 6 nitrogen and oxygen atoms in total. The van der Waals surface area contributed by atoms with Gasteiger partial charge in [-0.3, -0.25) is 9.59 Å². The number of benzene rings is 2. The average molecular weight is 430 g/mol. The molecule has 0 radical (unpaired) electrons. The zero-order valence-corrected chi connectivity index (χ0v) is 18.6. The fourth-order valence-electron chi connectivity index (χ4n) is 3.73. The number of carbonyl (C=O) groups is 2. The molecule has 0 aromatic heterocycles. The van der Waals surface area contributed by atoms with Gasteiger partial charge >= 0.3 is 5.97 Å². The lowest BCUT2D eigenvalue weighted by atomic mass is 9.90. The van der Waals surface area contributed by atoms with Crippen molar-refractivity contribution in [3.63, 3.8) is 0 Å². The van der Waals surface area contributed by atoms with Gasteiger partial charge in [0.1, 0.15) is 0 Å². The fraction of sp³-hybridized carbons (Fsp3) is 0.391. The van der Waals surface area contributed by atoms with Gasteiger partial charge in [0.2, 0.25) is 5.91 Å². The number of hydrogen-bond acceptors (Lipinski definition) is 6. The van der Waals surface area contributed by atoms with Crippen LogP contribution in [0, 0.1) is 6.92 Å². The minimum Gasteiger partial charge on any atom is -0.493 e. The van der Waals surface area contributed by atoms with E-state index in [0.29, 0.717) is 30.2 Å². The predicted molar refractivity (Wildman–Crippen MR) is 116 cm³/mol. The molecule has 0 fully saturated rings. The largest absolute Gasteiger partial charge is 0.493 e. The van der Waals surface area contributed by atoms with E-state index in [1.54, 1.807) is 19.1 Å². The summed E-state index contributed by atoms with van der Waals surface area (Å²) in [4.78, 5) is 28.2. The maximum Gasteiger partial charge on any atom is 0.307 e. The predicted octanol–water partition coefficient (Wildman–Crippen LogP) is 3.79. The number of amides is 1. The number of esters is 1. The molecule has 1 aliphatic heterocycles. The molecule has 0 saturated heterocycles. The molecule has 0 saturated carbocycles. The first-order chi connectivity index (χ1) is 14.5. The SMILES string of the molecule is COC(=O)CC1c2cc(OC)c(OC)cc2CCN1C(=O)CSc1ccccc1C. The quantitative estimate of drug-likeness (QED) is 0.493. The summed E-state index contributed by atoms with van der Waals surface area (Å²) < 4.78 is 15.8. The van der Waals surface area contributed by atoms with Crippen LogP contribution < -0.4 is 9.47 Å². The smallest absolute Gasteiger partial charge is 0.307 e. The minimum atomic E-state index is -0.397. The molecule has 160 valence electrons. The molecule has 3 rings (SSSR count). The summed E-state index contributed by atoms with van der Waals surface area (Å²) >= 11 is 1.52. The summed E-state index contributed by atoms with van der Waals surface area (Å²) in [7, 11) is 4.53. The Morgan fingerprint density at radius 2 is 1.80 bits per heavy atom. The van der Waals surface area contributed by atoms with Gasteiger partial charge in [0, 0.05) is 11.4 Å². The third kappa shape index (κ3) is 4.73. The summed E-state index contributed by atoms with van der Waals surface area (Å²) in [5.74, 6) is 1.17. The van der Waals surface area contributed by atoms with Crippen molar-refractivity contribution in [1.29, 1.82) is 0 Å². The Bertz CT molecular complexity index is 930. The van der Waals surface area contributed by atoms with Crippen molar-refractivity contribution >= 4 is 23.6 Å². The van der Waals surface area contributed by atoms with Crippen molar-refractivity contribution in [3.8, 4) is 11.5 Å². The van der Waals surface area contributed by atoms with E-state index in [-0.39, 0.29) is 18.3 Å². The van der Waals surface area contributed by atoms with E-state index in [1.165, 1.54) is 18.9 Å². The van der Waals surface area contributed by atoms with Crippen LogP contribution >= 0.6 is 11.8 Å². The maximum atomic E-state index is 13.1. The number of nitrogens with zero attached hydrogens (tertiary/aromatic N) is 1. The highest BCUT2D eigenvalue weighted by Gasteiger charge is 2.33. The first kappa shape index (κ1) is 22.0. The van der Waals surface area contributed by atoms with Crippen molar-refractivity contribution in [1.82, 2.24) is 4.90 Å². The van der Waals surface area contributed by atoms with Gasteiger partial charge in [-0.05, 0) is 48.2 Å². The van der Waals surface area contributed by atoms with Crippen molar-refractivity contribution in [2.24, 2.45) is 0 Å².